The lowest BCUT2D eigenvalue weighted by atomic mass is 9.91. The quantitative estimate of drug-likeness (QED) is 0.732. The highest BCUT2D eigenvalue weighted by Gasteiger charge is 2.42. The first-order valence-electron chi connectivity index (χ1n) is 9.13. The average Bonchev–Trinajstić information content (AvgIpc) is 3.10. The third-order valence-corrected chi connectivity index (χ3v) is 5.29. The van der Waals surface area contributed by atoms with Gasteiger partial charge in [-0.3, -0.25) is 4.79 Å². The SMILES string of the molecule is O=C(NC1(CO)CCOCC1)C1NC(c2ccc(F)cc2)=C2C(F)=CC=CN21. The Labute approximate surface area is 161 Å². The fourth-order valence-corrected chi connectivity index (χ4v) is 3.68. The van der Waals surface area contributed by atoms with Gasteiger partial charge in [-0.15, -0.1) is 0 Å². The van der Waals surface area contributed by atoms with Gasteiger partial charge in [0.05, 0.1) is 17.8 Å². The van der Waals surface area contributed by atoms with Crippen molar-refractivity contribution >= 4 is 11.6 Å². The molecule has 6 nitrogen and oxygen atoms in total. The van der Waals surface area contributed by atoms with Crippen molar-refractivity contribution in [1.29, 1.82) is 0 Å². The molecule has 3 N–H and O–H groups in total. The first-order chi connectivity index (χ1) is 13.5. The number of rotatable bonds is 4. The van der Waals surface area contributed by atoms with Crippen LogP contribution in [0.2, 0.25) is 0 Å². The minimum atomic E-state index is -0.892. The summed E-state index contributed by atoms with van der Waals surface area (Å²) >= 11 is 0. The number of allylic oxidation sites excluding steroid dienone is 3. The monoisotopic (exact) mass is 389 g/mol. The summed E-state index contributed by atoms with van der Waals surface area (Å²) in [7, 11) is 0. The molecule has 3 heterocycles. The second-order valence-electron chi connectivity index (χ2n) is 7.08. The molecule has 1 fully saturated rings. The van der Waals surface area contributed by atoms with E-state index >= 15 is 0 Å². The van der Waals surface area contributed by atoms with Crippen molar-refractivity contribution in [2.24, 2.45) is 0 Å². The van der Waals surface area contributed by atoms with Crippen LogP contribution in [-0.2, 0) is 9.53 Å². The van der Waals surface area contributed by atoms with E-state index in [4.69, 9.17) is 4.74 Å². The largest absolute Gasteiger partial charge is 0.394 e. The average molecular weight is 389 g/mol. The van der Waals surface area contributed by atoms with Crippen LogP contribution in [0.15, 0.2) is 54.1 Å². The summed E-state index contributed by atoms with van der Waals surface area (Å²) in [5, 5.41) is 15.8. The van der Waals surface area contributed by atoms with Gasteiger partial charge in [0.1, 0.15) is 17.3 Å². The molecule has 0 saturated carbocycles. The van der Waals surface area contributed by atoms with E-state index in [2.05, 4.69) is 10.6 Å². The van der Waals surface area contributed by atoms with Crippen LogP contribution in [-0.4, -0.2) is 47.4 Å². The number of halogens is 2. The predicted octanol–water partition coefficient (Wildman–Crippen LogP) is 1.76. The Kier molecular flexibility index (Phi) is 4.91. The van der Waals surface area contributed by atoms with Gasteiger partial charge in [-0.25, -0.2) is 8.78 Å². The maximum absolute atomic E-state index is 14.6. The number of ether oxygens (including phenoxy) is 1. The molecule has 3 aliphatic rings. The summed E-state index contributed by atoms with van der Waals surface area (Å²) in [6.07, 6.45) is 4.54. The Morgan fingerprint density at radius 1 is 1.29 bits per heavy atom. The van der Waals surface area contributed by atoms with E-state index in [0.717, 1.165) is 0 Å². The molecule has 0 aliphatic carbocycles. The second-order valence-corrected chi connectivity index (χ2v) is 7.08. The Morgan fingerprint density at radius 2 is 2.00 bits per heavy atom. The van der Waals surface area contributed by atoms with Gasteiger partial charge in [-0.05, 0) is 49.3 Å². The number of aliphatic hydroxyl groups excluding tert-OH is 1. The number of hydrogen-bond donors (Lipinski definition) is 3. The number of benzene rings is 1. The summed E-state index contributed by atoms with van der Waals surface area (Å²) in [6.45, 7) is 0.693. The van der Waals surface area contributed by atoms with Gasteiger partial charge in [0, 0.05) is 25.0 Å². The van der Waals surface area contributed by atoms with Crippen LogP contribution in [0.25, 0.3) is 5.70 Å². The normalized spacial score (nSPS) is 23.2. The highest BCUT2D eigenvalue weighted by atomic mass is 19.1. The minimum absolute atomic E-state index is 0.204. The van der Waals surface area contributed by atoms with Gasteiger partial charge >= 0.3 is 0 Å². The topological polar surface area (TPSA) is 73.8 Å². The number of aliphatic hydroxyl groups is 1. The van der Waals surface area contributed by atoms with Crippen LogP contribution in [0.1, 0.15) is 18.4 Å². The first kappa shape index (κ1) is 18.6. The van der Waals surface area contributed by atoms with Crippen LogP contribution in [0.5, 0.6) is 0 Å². The molecule has 1 unspecified atom stereocenters. The van der Waals surface area contributed by atoms with Crippen molar-refractivity contribution in [3.8, 4) is 0 Å². The molecular weight excluding hydrogens is 368 g/mol. The standard InChI is InChI=1S/C20H21F2N3O3/c21-14-5-3-13(4-6-14)16-17-15(22)2-1-9-25(17)18(23-16)19(27)24-20(12-26)7-10-28-11-8-20/h1-6,9,18,23,26H,7-8,10-12H2,(H,24,27). The molecule has 8 heteroatoms. The van der Waals surface area contributed by atoms with E-state index in [1.807, 2.05) is 0 Å². The van der Waals surface area contributed by atoms with E-state index in [1.54, 1.807) is 6.20 Å². The lowest BCUT2D eigenvalue weighted by Gasteiger charge is -2.38. The van der Waals surface area contributed by atoms with Gasteiger partial charge in [0.2, 0.25) is 0 Å². The van der Waals surface area contributed by atoms with E-state index < -0.39 is 23.3 Å². The number of hydrogen-bond acceptors (Lipinski definition) is 5. The van der Waals surface area contributed by atoms with E-state index in [0.29, 0.717) is 37.3 Å². The number of carbonyl (C=O) groups excluding carboxylic acids is 1. The van der Waals surface area contributed by atoms with Gasteiger partial charge in [-0.1, -0.05) is 0 Å². The Morgan fingerprint density at radius 3 is 2.68 bits per heavy atom. The highest BCUT2D eigenvalue weighted by Crippen LogP contribution is 2.35. The molecular formula is C20H21F2N3O3. The van der Waals surface area contributed by atoms with Crippen LogP contribution < -0.4 is 10.6 Å². The molecule has 1 atom stereocenters. The van der Waals surface area contributed by atoms with E-state index in [-0.39, 0.29) is 18.2 Å². The molecule has 148 valence electrons. The van der Waals surface area contributed by atoms with Crippen LogP contribution >= 0.6 is 0 Å². The fourth-order valence-electron chi connectivity index (χ4n) is 3.68. The number of amides is 1. The number of nitrogens with one attached hydrogen (secondary N) is 2. The first-order valence-corrected chi connectivity index (χ1v) is 9.13. The lowest BCUT2D eigenvalue weighted by molar-refractivity contribution is -0.129. The maximum Gasteiger partial charge on any atom is 0.264 e. The molecule has 1 amide bonds. The summed E-state index contributed by atoms with van der Waals surface area (Å²) in [4.78, 5) is 14.5. The van der Waals surface area contributed by atoms with Crippen LogP contribution in [0.3, 0.4) is 0 Å². The summed E-state index contributed by atoms with van der Waals surface area (Å²) < 4.78 is 33.2. The zero-order valence-electron chi connectivity index (χ0n) is 15.1. The van der Waals surface area contributed by atoms with Gasteiger partial charge < -0.3 is 25.4 Å². The molecule has 4 rings (SSSR count). The molecule has 0 aromatic heterocycles. The minimum Gasteiger partial charge on any atom is -0.394 e. The number of nitrogens with zero attached hydrogens (tertiary/aromatic N) is 1. The molecule has 0 bridgehead atoms. The molecule has 1 aromatic carbocycles. The third-order valence-electron chi connectivity index (χ3n) is 5.29. The molecule has 3 aliphatic heterocycles. The Balaban J connectivity index is 1.62. The van der Waals surface area contributed by atoms with E-state index in [9.17, 15) is 18.7 Å². The van der Waals surface area contributed by atoms with Gasteiger partial charge in [0.15, 0.2) is 6.17 Å². The fraction of sp³-hybridized carbons (Fsp3) is 0.350. The van der Waals surface area contributed by atoms with Gasteiger partial charge in [-0.2, -0.15) is 0 Å². The summed E-state index contributed by atoms with van der Waals surface area (Å²) in [6, 6.07) is 5.63. The molecule has 0 radical (unpaired) electrons. The van der Waals surface area contributed by atoms with Crippen molar-refractivity contribution in [3.63, 3.8) is 0 Å². The third kappa shape index (κ3) is 3.29. The Hall–Kier alpha value is -2.71. The van der Waals surface area contributed by atoms with E-state index in [1.165, 1.54) is 41.3 Å². The molecule has 28 heavy (non-hydrogen) atoms. The molecule has 1 saturated heterocycles. The van der Waals surface area contributed by atoms with Crippen molar-refractivity contribution in [3.05, 3.63) is 65.5 Å². The number of carbonyl (C=O) groups is 1. The lowest BCUT2D eigenvalue weighted by Crippen LogP contribution is -2.60. The molecule has 1 aromatic rings. The highest BCUT2D eigenvalue weighted by molar-refractivity contribution is 5.88. The molecule has 0 spiro atoms. The zero-order chi connectivity index (χ0) is 19.7. The Bertz CT molecular complexity index is 858. The number of fused-ring (bicyclic) bond motifs is 1. The van der Waals surface area contributed by atoms with Crippen molar-refractivity contribution in [2.75, 3.05) is 19.8 Å². The van der Waals surface area contributed by atoms with Crippen LogP contribution in [0.4, 0.5) is 8.78 Å². The predicted molar refractivity (Wildman–Crippen MR) is 98.4 cm³/mol. The summed E-state index contributed by atoms with van der Waals surface area (Å²) in [5.41, 5.74) is 0.435. The zero-order valence-corrected chi connectivity index (χ0v) is 15.1. The summed E-state index contributed by atoms with van der Waals surface area (Å²) in [5.74, 6) is -1.28. The van der Waals surface area contributed by atoms with Crippen molar-refractivity contribution in [2.45, 2.75) is 24.5 Å². The smallest absolute Gasteiger partial charge is 0.264 e. The maximum atomic E-state index is 14.6. The van der Waals surface area contributed by atoms with Crippen molar-refractivity contribution in [1.82, 2.24) is 15.5 Å². The van der Waals surface area contributed by atoms with Crippen molar-refractivity contribution < 1.29 is 23.4 Å². The second kappa shape index (κ2) is 7.37. The van der Waals surface area contributed by atoms with Gasteiger partial charge in [0.25, 0.3) is 5.91 Å². The van der Waals surface area contributed by atoms with Crippen LogP contribution in [0, 0.1) is 5.82 Å².